The van der Waals surface area contributed by atoms with Gasteiger partial charge < -0.3 is 5.32 Å². The summed E-state index contributed by atoms with van der Waals surface area (Å²) in [6, 6.07) is 3.58. The number of amides is 3. The SMILES string of the molecule is C=CCN(CC(=O)NC(=O)N[C@H](C)CC)Cc1ccc(Br)s1. The molecule has 0 spiro atoms. The first-order chi connectivity index (χ1) is 10.4. The summed E-state index contributed by atoms with van der Waals surface area (Å²) in [7, 11) is 0. The van der Waals surface area contributed by atoms with Gasteiger partial charge in [0, 0.05) is 24.0 Å². The molecule has 1 aromatic rings. The van der Waals surface area contributed by atoms with Crippen molar-refractivity contribution in [2.75, 3.05) is 13.1 Å². The number of carbonyl (C=O) groups is 2. The zero-order valence-corrected chi connectivity index (χ0v) is 15.3. The molecule has 0 saturated carbocycles. The monoisotopic (exact) mass is 387 g/mol. The lowest BCUT2D eigenvalue weighted by Gasteiger charge is -2.19. The van der Waals surface area contributed by atoms with Gasteiger partial charge in [-0.05, 0) is 41.4 Å². The van der Waals surface area contributed by atoms with E-state index in [9.17, 15) is 9.59 Å². The lowest BCUT2D eigenvalue weighted by atomic mass is 10.3. The summed E-state index contributed by atoms with van der Waals surface area (Å²) in [5.74, 6) is -0.321. The lowest BCUT2D eigenvalue weighted by Crippen LogP contribution is -2.46. The first kappa shape index (κ1) is 18.9. The van der Waals surface area contributed by atoms with Gasteiger partial charge in [0.15, 0.2) is 0 Å². The molecule has 1 rings (SSSR count). The molecule has 5 nitrogen and oxygen atoms in total. The maximum Gasteiger partial charge on any atom is 0.321 e. The van der Waals surface area contributed by atoms with Crippen LogP contribution in [0.3, 0.4) is 0 Å². The number of rotatable bonds is 8. The van der Waals surface area contributed by atoms with Crippen molar-refractivity contribution in [3.63, 3.8) is 0 Å². The minimum absolute atomic E-state index is 0.0422. The van der Waals surface area contributed by atoms with Crippen molar-refractivity contribution in [3.8, 4) is 0 Å². The Kier molecular flexibility index (Phi) is 8.37. The number of urea groups is 1. The van der Waals surface area contributed by atoms with Gasteiger partial charge in [0.1, 0.15) is 0 Å². The molecule has 3 amide bonds. The maximum absolute atomic E-state index is 12.0. The third-order valence-corrected chi connectivity index (χ3v) is 4.61. The highest BCUT2D eigenvalue weighted by Gasteiger charge is 2.14. The van der Waals surface area contributed by atoms with Crippen LogP contribution in [0.15, 0.2) is 28.6 Å². The number of imide groups is 1. The number of halogens is 1. The number of hydrogen-bond donors (Lipinski definition) is 2. The van der Waals surface area contributed by atoms with E-state index in [0.717, 1.165) is 15.1 Å². The van der Waals surface area contributed by atoms with Gasteiger partial charge in [-0.1, -0.05) is 13.0 Å². The van der Waals surface area contributed by atoms with Crippen LogP contribution >= 0.6 is 27.3 Å². The third-order valence-electron chi connectivity index (χ3n) is 3.01. The summed E-state index contributed by atoms with van der Waals surface area (Å²) in [5.41, 5.74) is 0. The quantitative estimate of drug-likeness (QED) is 0.673. The molecule has 0 aliphatic heterocycles. The first-order valence-corrected chi connectivity index (χ1v) is 8.73. The van der Waals surface area contributed by atoms with Crippen LogP contribution in [-0.4, -0.2) is 36.0 Å². The van der Waals surface area contributed by atoms with E-state index >= 15 is 0 Å². The van der Waals surface area contributed by atoms with Crippen molar-refractivity contribution in [2.24, 2.45) is 0 Å². The number of carbonyl (C=O) groups excluding carboxylic acids is 2. The predicted molar refractivity (Wildman–Crippen MR) is 93.9 cm³/mol. The minimum atomic E-state index is -0.447. The van der Waals surface area contributed by atoms with Crippen LogP contribution in [0.25, 0.3) is 0 Å². The number of hydrogen-bond acceptors (Lipinski definition) is 4. The molecule has 122 valence electrons. The van der Waals surface area contributed by atoms with E-state index in [1.165, 1.54) is 0 Å². The molecule has 0 bridgehead atoms. The standard InChI is InChI=1S/C15H22BrN3O2S/c1-4-8-19(9-12-6-7-13(16)22-12)10-14(20)18-15(21)17-11(3)5-2/h4,6-7,11H,1,5,8-10H2,2-3H3,(H2,17,18,20,21)/t11-/m1/s1. The molecule has 1 heterocycles. The summed E-state index contributed by atoms with van der Waals surface area (Å²) in [6.45, 7) is 8.94. The van der Waals surface area contributed by atoms with Crippen LogP contribution in [0.4, 0.5) is 4.79 Å². The third kappa shape index (κ3) is 7.20. The summed E-state index contributed by atoms with van der Waals surface area (Å²) in [5, 5.41) is 5.06. The Morgan fingerprint density at radius 1 is 1.50 bits per heavy atom. The molecule has 0 aliphatic rings. The van der Waals surface area contributed by atoms with E-state index in [-0.39, 0.29) is 18.5 Å². The molecule has 0 saturated heterocycles. The summed E-state index contributed by atoms with van der Waals surface area (Å²) in [6.07, 6.45) is 2.56. The number of thiophene rings is 1. The van der Waals surface area contributed by atoms with E-state index in [1.807, 2.05) is 30.9 Å². The van der Waals surface area contributed by atoms with Gasteiger partial charge in [0.05, 0.1) is 10.3 Å². The zero-order chi connectivity index (χ0) is 16.5. The lowest BCUT2D eigenvalue weighted by molar-refractivity contribution is -0.121. The normalized spacial score (nSPS) is 12.0. The van der Waals surface area contributed by atoms with E-state index in [0.29, 0.717) is 13.1 Å². The predicted octanol–water partition coefficient (Wildman–Crippen LogP) is 3.12. The van der Waals surface area contributed by atoms with Crippen LogP contribution in [-0.2, 0) is 11.3 Å². The first-order valence-electron chi connectivity index (χ1n) is 7.12. The average molecular weight is 388 g/mol. The summed E-state index contributed by atoms with van der Waals surface area (Å²) >= 11 is 5.05. The van der Waals surface area contributed by atoms with Crippen molar-refractivity contribution >= 4 is 39.2 Å². The van der Waals surface area contributed by atoms with E-state index < -0.39 is 6.03 Å². The number of nitrogens with zero attached hydrogens (tertiary/aromatic N) is 1. The Morgan fingerprint density at radius 3 is 2.77 bits per heavy atom. The Labute approximate surface area is 143 Å². The Bertz CT molecular complexity index is 519. The second-order valence-electron chi connectivity index (χ2n) is 5.00. The fraction of sp³-hybridized carbons (Fsp3) is 0.467. The highest BCUT2D eigenvalue weighted by molar-refractivity contribution is 9.11. The molecule has 7 heteroatoms. The van der Waals surface area contributed by atoms with Crippen molar-refractivity contribution < 1.29 is 9.59 Å². The average Bonchev–Trinajstić information content (AvgIpc) is 2.83. The van der Waals surface area contributed by atoms with Gasteiger partial charge in [0.2, 0.25) is 5.91 Å². The second-order valence-corrected chi connectivity index (χ2v) is 7.54. The molecule has 1 atom stereocenters. The van der Waals surface area contributed by atoms with Crippen molar-refractivity contribution in [1.29, 1.82) is 0 Å². The molecule has 0 aliphatic carbocycles. The summed E-state index contributed by atoms with van der Waals surface area (Å²) in [4.78, 5) is 26.7. The fourth-order valence-electron chi connectivity index (χ4n) is 1.76. The minimum Gasteiger partial charge on any atom is -0.335 e. The molecule has 2 N–H and O–H groups in total. The van der Waals surface area contributed by atoms with E-state index in [4.69, 9.17) is 0 Å². The highest BCUT2D eigenvalue weighted by atomic mass is 79.9. The highest BCUT2D eigenvalue weighted by Crippen LogP contribution is 2.23. The topological polar surface area (TPSA) is 61.4 Å². The van der Waals surface area contributed by atoms with Crippen molar-refractivity contribution in [2.45, 2.75) is 32.9 Å². The molecule has 0 unspecified atom stereocenters. The Hall–Kier alpha value is -1.18. The van der Waals surface area contributed by atoms with Crippen LogP contribution in [0, 0.1) is 0 Å². The smallest absolute Gasteiger partial charge is 0.321 e. The second kappa shape index (κ2) is 9.76. The van der Waals surface area contributed by atoms with E-state index in [2.05, 4.69) is 33.1 Å². The summed E-state index contributed by atoms with van der Waals surface area (Å²) < 4.78 is 1.05. The fourth-order valence-corrected chi connectivity index (χ4v) is 3.28. The van der Waals surface area contributed by atoms with Gasteiger partial charge in [-0.25, -0.2) is 4.79 Å². The van der Waals surface area contributed by atoms with Crippen LogP contribution in [0.5, 0.6) is 0 Å². The van der Waals surface area contributed by atoms with Crippen molar-refractivity contribution in [1.82, 2.24) is 15.5 Å². The largest absolute Gasteiger partial charge is 0.335 e. The van der Waals surface area contributed by atoms with Crippen LogP contribution in [0.2, 0.25) is 0 Å². The molecule has 0 radical (unpaired) electrons. The van der Waals surface area contributed by atoms with E-state index in [1.54, 1.807) is 17.4 Å². The Balaban J connectivity index is 2.49. The van der Waals surface area contributed by atoms with Gasteiger partial charge in [0.25, 0.3) is 0 Å². The zero-order valence-electron chi connectivity index (χ0n) is 12.9. The van der Waals surface area contributed by atoms with Crippen LogP contribution in [0.1, 0.15) is 25.1 Å². The maximum atomic E-state index is 12.0. The number of nitrogens with one attached hydrogen (secondary N) is 2. The van der Waals surface area contributed by atoms with Crippen molar-refractivity contribution in [3.05, 3.63) is 33.5 Å². The molecular weight excluding hydrogens is 366 g/mol. The molecule has 22 heavy (non-hydrogen) atoms. The van der Waals surface area contributed by atoms with Gasteiger partial charge in [-0.15, -0.1) is 17.9 Å². The van der Waals surface area contributed by atoms with Gasteiger partial charge >= 0.3 is 6.03 Å². The van der Waals surface area contributed by atoms with Crippen LogP contribution < -0.4 is 10.6 Å². The Morgan fingerprint density at radius 2 is 2.23 bits per heavy atom. The van der Waals surface area contributed by atoms with Gasteiger partial charge in [-0.2, -0.15) is 0 Å². The molecule has 1 aromatic heterocycles. The van der Waals surface area contributed by atoms with Gasteiger partial charge in [-0.3, -0.25) is 15.0 Å². The molecule has 0 aromatic carbocycles. The molecule has 0 fully saturated rings. The molecular formula is C15H22BrN3O2S.